The molecule has 2 rings (SSSR count). The van der Waals surface area contributed by atoms with Crippen LogP contribution in [0, 0.1) is 6.92 Å². The average molecular weight is 327 g/mol. The van der Waals surface area contributed by atoms with Gasteiger partial charge in [-0.3, -0.25) is 0 Å². The lowest BCUT2D eigenvalue weighted by atomic mass is 10.2. The summed E-state index contributed by atoms with van der Waals surface area (Å²) in [6.45, 7) is 2.25. The van der Waals surface area contributed by atoms with Gasteiger partial charge in [0.15, 0.2) is 0 Å². The van der Waals surface area contributed by atoms with Gasteiger partial charge in [-0.05, 0) is 42.1 Å². The van der Waals surface area contributed by atoms with Crippen LogP contribution in [0.4, 0.5) is 0 Å². The largest absolute Gasteiger partial charge is 0.489 e. The van der Waals surface area contributed by atoms with Crippen molar-refractivity contribution in [2.75, 3.05) is 0 Å². The standard InChI is InChI=1S/C13H11BrO3S/c1-8-6-10(2-3-11(8)14)17-7-9-4-5-18-12(9)13(15)16/h2-6H,7H2,1H3,(H,15,16). The molecule has 94 valence electrons. The number of halogens is 1. The van der Waals surface area contributed by atoms with Crippen LogP contribution >= 0.6 is 27.3 Å². The highest BCUT2D eigenvalue weighted by Crippen LogP contribution is 2.23. The lowest BCUT2D eigenvalue weighted by Crippen LogP contribution is -2.01. The molecule has 0 unspecified atom stereocenters. The van der Waals surface area contributed by atoms with E-state index in [1.54, 1.807) is 11.4 Å². The van der Waals surface area contributed by atoms with Gasteiger partial charge in [0.2, 0.25) is 0 Å². The fourth-order valence-corrected chi connectivity index (χ4v) is 2.50. The smallest absolute Gasteiger partial charge is 0.346 e. The summed E-state index contributed by atoms with van der Waals surface area (Å²) in [4.78, 5) is 11.3. The maximum atomic E-state index is 10.9. The van der Waals surface area contributed by atoms with Crippen LogP contribution in [0.25, 0.3) is 0 Å². The number of aromatic carboxylic acids is 1. The van der Waals surface area contributed by atoms with Crippen molar-refractivity contribution >= 4 is 33.2 Å². The third kappa shape index (κ3) is 2.91. The van der Waals surface area contributed by atoms with Gasteiger partial charge in [0.1, 0.15) is 17.2 Å². The van der Waals surface area contributed by atoms with E-state index in [4.69, 9.17) is 9.84 Å². The van der Waals surface area contributed by atoms with E-state index in [0.717, 1.165) is 15.8 Å². The summed E-state index contributed by atoms with van der Waals surface area (Å²) in [5.74, 6) is -0.172. The summed E-state index contributed by atoms with van der Waals surface area (Å²) >= 11 is 4.63. The molecule has 0 bridgehead atoms. The maximum Gasteiger partial charge on any atom is 0.346 e. The van der Waals surface area contributed by atoms with Crippen molar-refractivity contribution < 1.29 is 14.6 Å². The Morgan fingerprint density at radius 2 is 2.22 bits per heavy atom. The first-order valence-corrected chi connectivity index (χ1v) is 6.94. The summed E-state index contributed by atoms with van der Waals surface area (Å²) < 4.78 is 6.62. The Balaban J connectivity index is 2.09. The number of carboxylic acid groups (broad SMARTS) is 1. The van der Waals surface area contributed by atoms with E-state index in [2.05, 4.69) is 15.9 Å². The third-order valence-corrected chi connectivity index (χ3v) is 4.30. The minimum atomic E-state index is -0.907. The quantitative estimate of drug-likeness (QED) is 0.920. The van der Waals surface area contributed by atoms with Gasteiger partial charge in [0, 0.05) is 10.0 Å². The molecule has 3 nitrogen and oxygen atoms in total. The van der Waals surface area contributed by atoms with Crippen LogP contribution in [0.5, 0.6) is 5.75 Å². The van der Waals surface area contributed by atoms with Crippen LogP contribution in [0.2, 0.25) is 0 Å². The number of hydrogen-bond donors (Lipinski definition) is 1. The number of carboxylic acids is 1. The molecule has 0 aliphatic rings. The molecule has 0 aliphatic heterocycles. The van der Waals surface area contributed by atoms with Gasteiger partial charge in [0.05, 0.1) is 0 Å². The second-order valence-electron chi connectivity index (χ2n) is 3.78. The van der Waals surface area contributed by atoms with Crippen LogP contribution in [0.1, 0.15) is 20.8 Å². The molecule has 1 aromatic heterocycles. The van der Waals surface area contributed by atoms with Crippen molar-refractivity contribution in [1.82, 2.24) is 0 Å². The van der Waals surface area contributed by atoms with Gasteiger partial charge in [-0.25, -0.2) is 4.79 Å². The van der Waals surface area contributed by atoms with Crippen molar-refractivity contribution in [3.05, 3.63) is 50.1 Å². The number of aryl methyl sites for hydroxylation is 1. The van der Waals surface area contributed by atoms with Gasteiger partial charge >= 0.3 is 5.97 Å². The fraction of sp³-hybridized carbons (Fsp3) is 0.154. The van der Waals surface area contributed by atoms with Crippen LogP contribution in [-0.2, 0) is 6.61 Å². The molecule has 2 aromatic rings. The molecule has 1 aromatic carbocycles. The van der Waals surface area contributed by atoms with Crippen molar-refractivity contribution in [2.24, 2.45) is 0 Å². The molecule has 0 spiro atoms. The van der Waals surface area contributed by atoms with Gasteiger partial charge < -0.3 is 9.84 Å². The number of hydrogen-bond acceptors (Lipinski definition) is 3. The molecular formula is C13H11BrO3S. The van der Waals surface area contributed by atoms with E-state index in [0.29, 0.717) is 10.4 Å². The summed E-state index contributed by atoms with van der Waals surface area (Å²) in [5, 5.41) is 10.7. The van der Waals surface area contributed by atoms with E-state index in [1.165, 1.54) is 11.3 Å². The highest BCUT2D eigenvalue weighted by Gasteiger charge is 2.11. The van der Waals surface area contributed by atoms with Crippen LogP contribution < -0.4 is 4.74 Å². The van der Waals surface area contributed by atoms with E-state index < -0.39 is 5.97 Å². The van der Waals surface area contributed by atoms with Gasteiger partial charge in [-0.15, -0.1) is 11.3 Å². The van der Waals surface area contributed by atoms with Crippen molar-refractivity contribution in [1.29, 1.82) is 0 Å². The maximum absolute atomic E-state index is 10.9. The Bertz CT molecular complexity index is 577. The highest BCUT2D eigenvalue weighted by molar-refractivity contribution is 9.10. The Hall–Kier alpha value is -1.33. The van der Waals surface area contributed by atoms with E-state index in [1.807, 2.05) is 25.1 Å². The fourth-order valence-electron chi connectivity index (χ4n) is 1.51. The minimum Gasteiger partial charge on any atom is -0.489 e. The van der Waals surface area contributed by atoms with E-state index in [9.17, 15) is 4.79 Å². The number of rotatable bonds is 4. The number of ether oxygens (including phenoxy) is 1. The molecule has 0 amide bonds. The van der Waals surface area contributed by atoms with Gasteiger partial charge in [-0.1, -0.05) is 15.9 Å². The predicted octanol–water partition coefficient (Wildman–Crippen LogP) is 4.10. The molecular weight excluding hydrogens is 316 g/mol. The first-order valence-electron chi connectivity index (χ1n) is 5.26. The lowest BCUT2D eigenvalue weighted by molar-refractivity contribution is 0.0699. The van der Waals surface area contributed by atoms with Gasteiger partial charge in [-0.2, -0.15) is 0 Å². The van der Waals surface area contributed by atoms with Crippen molar-refractivity contribution in [2.45, 2.75) is 13.5 Å². The zero-order valence-corrected chi connectivity index (χ0v) is 12.0. The zero-order chi connectivity index (χ0) is 13.1. The summed E-state index contributed by atoms with van der Waals surface area (Å²) in [7, 11) is 0. The third-order valence-electron chi connectivity index (χ3n) is 2.46. The lowest BCUT2D eigenvalue weighted by Gasteiger charge is -2.07. The molecule has 0 aliphatic carbocycles. The molecule has 1 heterocycles. The highest BCUT2D eigenvalue weighted by atomic mass is 79.9. The van der Waals surface area contributed by atoms with Gasteiger partial charge in [0.25, 0.3) is 0 Å². The molecule has 0 radical (unpaired) electrons. The second-order valence-corrected chi connectivity index (χ2v) is 5.55. The Morgan fingerprint density at radius 1 is 1.44 bits per heavy atom. The number of thiophene rings is 1. The Labute approximate surface area is 117 Å². The second kappa shape index (κ2) is 5.54. The molecule has 1 N–H and O–H groups in total. The average Bonchev–Trinajstić information content (AvgIpc) is 2.79. The molecule has 0 fully saturated rings. The number of carbonyl (C=O) groups is 1. The minimum absolute atomic E-state index is 0.270. The molecule has 0 saturated carbocycles. The van der Waals surface area contributed by atoms with E-state index >= 15 is 0 Å². The normalized spacial score (nSPS) is 10.3. The molecule has 5 heteroatoms. The molecule has 18 heavy (non-hydrogen) atoms. The van der Waals surface area contributed by atoms with Crippen LogP contribution in [0.3, 0.4) is 0 Å². The first kappa shape index (κ1) is 13.1. The summed E-state index contributed by atoms with van der Waals surface area (Å²) in [6, 6.07) is 7.46. The molecule has 0 atom stereocenters. The zero-order valence-electron chi connectivity index (χ0n) is 9.64. The summed E-state index contributed by atoms with van der Waals surface area (Å²) in [5.41, 5.74) is 1.78. The number of benzene rings is 1. The van der Waals surface area contributed by atoms with Crippen LogP contribution in [0.15, 0.2) is 34.1 Å². The monoisotopic (exact) mass is 326 g/mol. The Morgan fingerprint density at radius 3 is 2.89 bits per heavy atom. The first-order chi connectivity index (χ1) is 8.58. The van der Waals surface area contributed by atoms with Crippen molar-refractivity contribution in [3.8, 4) is 5.75 Å². The summed E-state index contributed by atoms with van der Waals surface area (Å²) in [6.07, 6.45) is 0. The SMILES string of the molecule is Cc1cc(OCc2ccsc2C(=O)O)ccc1Br. The Kier molecular flexibility index (Phi) is 4.04. The van der Waals surface area contributed by atoms with E-state index in [-0.39, 0.29) is 6.61 Å². The van der Waals surface area contributed by atoms with Crippen molar-refractivity contribution in [3.63, 3.8) is 0 Å². The van der Waals surface area contributed by atoms with Crippen LogP contribution in [-0.4, -0.2) is 11.1 Å². The topological polar surface area (TPSA) is 46.5 Å². The molecule has 0 saturated heterocycles. The predicted molar refractivity (Wildman–Crippen MR) is 74.5 cm³/mol.